The molecule has 0 aliphatic carbocycles. The van der Waals surface area contributed by atoms with Gasteiger partial charge in [0, 0.05) is 0 Å². The quantitative estimate of drug-likeness (QED) is 0.349. The molecule has 4 nitrogen and oxygen atoms in total. The molecule has 0 aliphatic rings. The Kier molecular flexibility index (Phi) is 19.2. The van der Waals surface area contributed by atoms with E-state index in [0.29, 0.717) is 0 Å². The second kappa shape index (κ2) is 7.90. The zero-order chi connectivity index (χ0) is 4.50. The van der Waals surface area contributed by atoms with E-state index < -0.39 is 7.82 Å². The van der Waals surface area contributed by atoms with Crippen molar-refractivity contribution in [2.45, 2.75) is 0 Å². The van der Waals surface area contributed by atoms with Crippen LogP contribution in [0.15, 0.2) is 0 Å². The third-order valence-electron chi connectivity index (χ3n) is 0. The summed E-state index contributed by atoms with van der Waals surface area (Å²) < 4.78 is 8.66. The molecule has 0 heterocycles. The van der Waals surface area contributed by atoms with Crippen LogP contribution in [0.1, 0.15) is 0 Å². The van der Waals surface area contributed by atoms with Gasteiger partial charge in [0.05, 0.1) is 7.82 Å². The molecule has 0 saturated carbocycles. The van der Waals surface area contributed by atoms with Crippen LogP contribution in [0.4, 0.5) is 0 Å². The molecule has 0 saturated heterocycles. The standard InChI is InChI=1S/Cs.K.H3O4P/c;;1-5(2,3)4/h;;(H3,1,2,3,4)/q2*+1;/p-2. The third-order valence-corrected chi connectivity index (χ3v) is 0. The van der Waals surface area contributed by atoms with E-state index in [-0.39, 0.29) is 120 Å². The fourth-order valence-corrected chi connectivity index (χ4v) is 0. The maximum Gasteiger partial charge on any atom is 1.00 e. The molecule has 0 bridgehead atoms. The SMILES string of the molecule is O=P([O-])([O-])O.[Cs+].[K+]. The minimum Gasteiger partial charge on any atom is -0.790 e. The molecular formula is HCsKO4P. The van der Waals surface area contributed by atoms with E-state index in [1.807, 2.05) is 0 Å². The normalized spacial score (nSPS) is 8.43. The minimum atomic E-state index is -5.14. The minimum absolute atomic E-state index is 0. The molecule has 0 aliphatic heterocycles. The van der Waals surface area contributed by atoms with Gasteiger partial charge in [-0.25, -0.2) is 0 Å². The maximum absolute atomic E-state index is 8.66. The van der Waals surface area contributed by atoms with E-state index in [2.05, 4.69) is 0 Å². The summed E-state index contributed by atoms with van der Waals surface area (Å²) in [6, 6.07) is 0. The van der Waals surface area contributed by atoms with Gasteiger partial charge in [-0.2, -0.15) is 0 Å². The Morgan fingerprint density at radius 1 is 1.43 bits per heavy atom. The average molecular weight is 268 g/mol. The van der Waals surface area contributed by atoms with E-state index in [1.54, 1.807) is 0 Å². The molecule has 7 heavy (non-hydrogen) atoms. The smallest absolute Gasteiger partial charge is 0.790 e. The topological polar surface area (TPSA) is 83.4 Å². The van der Waals surface area contributed by atoms with Crippen LogP contribution in [0.5, 0.6) is 0 Å². The average Bonchev–Trinajstić information content (AvgIpc) is 0.722. The van der Waals surface area contributed by atoms with Gasteiger partial charge >= 0.3 is 120 Å². The molecule has 0 unspecified atom stereocenters. The Balaban J connectivity index is -0.0000000800. The number of phosphoric acid groups is 1. The third kappa shape index (κ3) is 41.3. The molecule has 0 aromatic heterocycles. The summed E-state index contributed by atoms with van der Waals surface area (Å²) in [5.74, 6) is 0. The predicted molar refractivity (Wildman–Crippen MR) is 9.83 cm³/mol. The fraction of sp³-hybridized carbons (Fsp3) is 0. The van der Waals surface area contributed by atoms with Crippen molar-refractivity contribution in [2.24, 2.45) is 0 Å². The van der Waals surface area contributed by atoms with Crippen molar-refractivity contribution in [1.82, 2.24) is 0 Å². The monoisotopic (exact) mass is 268 g/mol. The van der Waals surface area contributed by atoms with Crippen molar-refractivity contribution in [3.05, 3.63) is 0 Å². The van der Waals surface area contributed by atoms with Gasteiger partial charge in [-0.1, -0.05) is 0 Å². The second-order valence-corrected chi connectivity index (χ2v) is 1.41. The number of hydrogen-bond acceptors (Lipinski definition) is 3. The second-order valence-electron chi connectivity index (χ2n) is 0.469. The molecule has 1 N–H and O–H groups in total. The van der Waals surface area contributed by atoms with Gasteiger partial charge in [0.2, 0.25) is 0 Å². The molecule has 32 valence electrons. The Labute approximate surface area is 143 Å². The van der Waals surface area contributed by atoms with Gasteiger partial charge in [0.15, 0.2) is 0 Å². The van der Waals surface area contributed by atoms with Crippen LogP contribution in [0, 0.1) is 0 Å². The molecule has 0 radical (unpaired) electrons. The first kappa shape index (κ1) is 17.0. The first-order valence-electron chi connectivity index (χ1n) is 0.748. The van der Waals surface area contributed by atoms with E-state index in [0.717, 1.165) is 0 Å². The van der Waals surface area contributed by atoms with Gasteiger partial charge < -0.3 is 19.2 Å². The Morgan fingerprint density at radius 3 is 1.43 bits per heavy atom. The molecule has 0 aromatic rings. The summed E-state index contributed by atoms with van der Waals surface area (Å²) in [6.45, 7) is 0. The first-order chi connectivity index (χ1) is 2.00. The van der Waals surface area contributed by atoms with Crippen LogP contribution in [-0.4, -0.2) is 4.89 Å². The summed E-state index contributed by atoms with van der Waals surface area (Å²) in [4.78, 5) is 24.3. The maximum atomic E-state index is 8.66. The van der Waals surface area contributed by atoms with E-state index in [1.165, 1.54) is 0 Å². The predicted octanol–water partition coefficient (Wildman–Crippen LogP) is -8.18. The molecule has 0 spiro atoms. The Morgan fingerprint density at radius 2 is 1.43 bits per heavy atom. The molecular weight excluding hydrogens is 267 g/mol. The number of hydrogen-bond donors (Lipinski definition) is 1. The Hall–Kier alpha value is 3.80. The summed E-state index contributed by atoms with van der Waals surface area (Å²) in [5, 5.41) is 0. The van der Waals surface area contributed by atoms with E-state index in [4.69, 9.17) is 19.2 Å². The van der Waals surface area contributed by atoms with Crippen molar-refractivity contribution >= 4 is 7.82 Å². The van der Waals surface area contributed by atoms with Crippen molar-refractivity contribution in [2.75, 3.05) is 0 Å². The van der Waals surface area contributed by atoms with Crippen LogP contribution in [0.3, 0.4) is 0 Å². The van der Waals surface area contributed by atoms with Gasteiger partial charge in [0.25, 0.3) is 0 Å². The first-order valence-corrected chi connectivity index (χ1v) is 2.24. The molecule has 0 aromatic carbocycles. The van der Waals surface area contributed by atoms with E-state index >= 15 is 0 Å². The van der Waals surface area contributed by atoms with Crippen LogP contribution in [0.25, 0.3) is 0 Å². The van der Waals surface area contributed by atoms with Gasteiger partial charge in [-0.15, -0.1) is 0 Å². The zero-order valence-corrected chi connectivity index (χ0v) is 14.4. The van der Waals surface area contributed by atoms with Crippen molar-refractivity contribution < 1.29 is 140 Å². The summed E-state index contributed by atoms with van der Waals surface area (Å²) in [7, 11) is -5.14. The summed E-state index contributed by atoms with van der Waals surface area (Å²) >= 11 is 0. The van der Waals surface area contributed by atoms with Crippen LogP contribution in [0.2, 0.25) is 0 Å². The Bertz CT molecular complexity index is 57.8. The van der Waals surface area contributed by atoms with Gasteiger partial charge in [-0.05, 0) is 0 Å². The van der Waals surface area contributed by atoms with Crippen molar-refractivity contribution in [3.8, 4) is 0 Å². The number of rotatable bonds is 0. The van der Waals surface area contributed by atoms with Gasteiger partial charge in [-0.3, -0.25) is 0 Å². The van der Waals surface area contributed by atoms with Crippen LogP contribution < -0.4 is 130 Å². The summed E-state index contributed by atoms with van der Waals surface area (Å²) in [6.07, 6.45) is 0. The largest absolute Gasteiger partial charge is 1.00 e. The molecule has 0 amide bonds. The molecule has 7 heteroatoms. The van der Waals surface area contributed by atoms with Crippen molar-refractivity contribution in [1.29, 1.82) is 0 Å². The van der Waals surface area contributed by atoms with Crippen LogP contribution >= 0.6 is 7.82 Å². The van der Waals surface area contributed by atoms with Gasteiger partial charge in [0.1, 0.15) is 0 Å². The molecule has 0 fully saturated rings. The summed E-state index contributed by atoms with van der Waals surface area (Å²) in [5.41, 5.74) is 0. The zero-order valence-electron chi connectivity index (χ0n) is 4.12. The van der Waals surface area contributed by atoms with Crippen molar-refractivity contribution in [3.63, 3.8) is 0 Å². The fourth-order valence-electron chi connectivity index (χ4n) is 0. The molecule has 0 atom stereocenters. The molecule has 0 rings (SSSR count). The van der Waals surface area contributed by atoms with E-state index in [9.17, 15) is 0 Å². The van der Waals surface area contributed by atoms with Crippen LogP contribution in [-0.2, 0) is 4.57 Å².